The van der Waals surface area contributed by atoms with Crippen molar-refractivity contribution in [1.29, 1.82) is 0 Å². The van der Waals surface area contributed by atoms with Crippen LogP contribution in [0.15, 0.2) is 48.5 Å². The third-order valence-electron chi connectivity index (χ3n) is 3.34. The Morgan fingerprint density at radius 2 is 1.13 bits per heavy atom. The van der Waals surface area contributed by atoms with Crippen molar-refractivity contribution in [1.82, 2.24) is 0 Å². The van der Waals surface area contributed by atoms with Crippen molar-refractivity contribution < 1.29 is 14.2 Å². The van der Waals surface area contributed by atoms with E-state index in [2.05, 4.69) is 10.6 Å². The largest absolute Gasteiger partial charge is 0.495 e. The molecule has 0 saturated carbocycles. The third-order valence-corrected chi connectivity index (χ3v) is 3.34. The van der Waals surface area contributed by atoms with Crippen LogP contribution in [0.3, 0.4) is 0 Å². The molecule has 5 nitrogen and oxygen atoms in total. The smallest absolute Gasteiger partial charge is 0.141 e. The van der Waals surface area contributed by atoms with Gasteiger partial charge in [0, 0.05) is 13.1 Å². The fraction of sp³-hybridized carbons (Fsp3) is 0.333. The Bertz CT molecular complexity index is 538. The van der Waals surface area contributed by atoms with Gasteiger partial charge in [0.2, 0.25) is 0 Å². The van der Waals surface area contributed by atoms with Crippen LogP contribution in [0.1, 0.15) is 0 Å². The zero-order valence-electron chi connectivity index (χ0n) is 13.7. The lowest BCUT2D eigenvalue weighted by Gasteiger charge is -2.12. The van der Waals surface area contributed by atoms with E-state index in [1.165, 1.54) is 0 Å². The molecule has 0 atom stereocenters. The van der Waals surface area contributed by atoms with Gasteiger partial charge in [0.1, 0.15) is 11.5 Å². The summed E-state index contributed by atoms with van der Waals surface area (Å²) >= 11 is 0. The maximum Gasteiger partial charge on any atom is 0.141 e. The molecule has 0 bridgehead atoms. The Kier molecular flexibility index (Phi) is 7.07. The topological polar surface area (TPSA) is 51.8 Å². The van der Waals surface area contributed by atoms with E-state index in [1.54, 1.807) is 14.2 Å². The minimum absolute atomic E-state index is 0.631. The van der Waals surface area contributed by atoms with Crippen LogP contribution in [0.2, 0.25) is 0 Å². The fourth-order valence-electron chi connectivity index (χ4n) is 2.20. The Morgan fingerprint density at radius 1 is 0.696 bits per heavy atom. The number of anilines is 2. The summed E-state index contributed by atoms with van der Waals surface area (Å²) < 4.78 is 16.2. The van der Waals surface area contributed by atoms with Gasteiger partial charge in [-0.1, -0.05) is 24.3 Å². The molecule has 2 aromatic carbocycles. The first-order chi connectivity index (χ1) is 11.3. The van der Waals surface area contributed by atoms with Gasteiger partial charge in [-0.05, 0) is 24.3 Å². The normalized spacial score (nSPS) is 10.2. The van der Waals surface area contributed by atoms with Crippen LogP contribution in [0.5, 0.6) is 11.5 Å². The molecule has 0 aliphatic heterocycles. The molecule has 0 saturated heterocycles. The molecule has 5 heteroatoms. The summed E-state index contributed by atoms with van der Waals surface area (Å²) in [7, 11) is 3.33. The average Bonchev–Trinajstić information content (AvgIpc) is 2.61. The summed E-state index contributed by atoms with van der Waals surface area (Å²) in [5, 5.41) is 6.60. The van der Waals surface area contributed by atoms with Crippen molar-refractivity contribution in [2.24, 2.45) is 0 Å². The van der Waals surface area contributed by atoms with Crippen molar-refractivity contribution in [3.63, 3.8) is 0 Å². The van der Waals surface area contributed by atoms with Gasteiger partial charge in [-0.15, -0.1) is 0 Å². The average molecular weight is 316 g/mol. The third kappa shape index (κ3) is 5.38. The maximum absolute atomic E-state index is 5.62. The van der Waals surface area contributed by atoms with E-state index in [1.807, 2.05) is 48.5 Å². The molecule has 2 N–H and O–H groups in total. The van der Waals surface area contributed by atoms with E-state index in [0.717, 1.165) is 36.0 Å². The van der Waals surface area contributed by atoms with Crippen molar-refractivity contribution in [3.8, 4) is 11.5 Å². The van der Waals surface area contributed by atoms with Crippen LogP contribution >= 0.6 is 0 Å². The van der Waals surface area contributed by atoms with Gasteiger partial charge < -0.3 is 24.8 Å². The van der Waals surface area contributed by atoms with Crippen LogP contribution in [-0.2, 0) is 4.74 Å². The van der Waals surface area contributed by atoms with Crippen LogP contribution in [0.4, 0.5) is 11.4 Å². The number of rotatable bonds is 10. The van der Waals surface area contributed by atoms with E-state index in [0.29, 0.717) is 13.2 Å². The van der Waals surface area contributed by atoms with Gasteiger partial charge in [0.15, 0.2) is 0 Å². The van der Waals surface area contributed by atoms with E-state index in [4.69, 9.17) is 14.2 Å². The second-order valence-corrected chi connectivity index (χ2v) is 4.87. The second-order valence-electron chi connectivity index (χ2n) is 4.87. The Labute approximate surface area is 137 Å². The molecule has 0 amide bonds. The van der Waals surface area contributed by atoms with Crippen LogP contribution < -0.4 is 20.1 Å². The molecule has 0 fully saturated rings. The van der Waals surface area contributed by atoms with Gasteiger partial charge in [0.05, 0.1) is 38.8 Å². The number of methoxy groups -OCH3 is 2. The molecule has 2 rings (SSSR count). The zero-order chi connectivity index (χ0) is 16.3. The summed E-state index contributed by atoms with van der Waals surface area (Å²) in [5.41, 5.74) is 1.96. The maximum atomic E-state index is 5.62. The molecule has 0 spiro atoms. The van der Waals surface area contributed by atoms with Crippen molar-refractivity contribution in [3.05, 3.63) is 48.5 Å². The van der Waals surface area contributed by atoms with Crippen LogP contribution in [0, 0.1) is 0 Å². The van der Waals surface area contributed by atoms with Crippen LogP contribution in [-0.4, -0.2) is 40.5 Å². The lowest BCUT2D eigenvalue weighted by atomic mass is 10.3. The molecule has 23 heavy (non-hydrogen) atoms. The predicted molar refractivity (Wildman–Crippen MR) is 93.8 cm³/mol. The van der Waals surface area contributed by atoms with Crippen LogP contribution in [0.25, 0.3) is 0 Å². The minimum Gasteiger partial charge on any atom is -0.495 e. The minimum atomic E-state index is 0.631. The van der Waals surface area contributed by atoms with E-state index in [-0.39, 0.29) is 0 Å². The number of benzene rings is 2. The Balaban J connectivity index is 1.61. The predicted octanol–water partition coefficient (Wildman–Crippen LogP) is 3.24. The summed E-state index contributed by atoms with van der Waals surface area (Å²) in [4.78, 5) is 0. The van der Waals surface area contributed by atoms with E-state index >= 15 is 0 Å². The summed E-state index contributed by atoms with van der Waals surface area (Å²) in [6.07, 6.45) is 0. The number of hydrogen-bond acceptors (Lipinski definition) is 5. The lowest BCUT2D eigenvalue weighted by Crippen LogP contribution is -2.15. The van der Waals surface area contributed by atoms with Crippen molar-refractivity contribution >= 4 is 11.4 Å². The molecular weight excluding hydrogens is 292 g/mol. The lowest BCUT2D eigenvalue weighted by molar-refractivity contribution is 0.154. The van der Waals surface area contributed by atoms with Gasteiger partial charge in [-0.3, -0.25) is 0 Å². The number of nitrogens with one attached hydrogen (secondary N) is 2. The number of hydrogen-bond donors (Lipinski definition) is 2. The van der Waals surface area contributed by atoms with Crippen molar-refractivity contribution in [2.45, 2.75) is 0 Å². The quantitative estimate of drug-likeness (QED) is 0.659. The highest BCUT2D eigenvalue weighted by molar-refractivity contribution is 5.56. The van der Waals surface area contributed by atoms with Gasteiger partial charge >= 0.3 is 0 Å². The molecule has 0 aromatic heterocycles. The van der Waals surface area contributed by atoms with E-state index in [9.17, 15) is 0 Å². The Hall–Kier alpha value is -2.40. The first-order valence-electron chi connectivity index (χ1n) is 7.66. The standard InChI is InChI=1S/C18H24N2O3/c1-21-17-9-5-3-7-15(17)19-11-13-23-14-12-20-16-8-4-6-10-18(16)22-2/h3-10,19-20H,11-14H2,1-2H3. The first-order valence-corrected chi connectivity index (χ1v) is 7.66. The highest BCUT2D eigenvalue weighted by Crippen LogP contribution is 2.23. The monoisotopic (exact) mass is 316 g/mol. The SMILES string of the molecule is COc1ccccc1NCCOCCNc1ccccc1OC. The zero-order valence-corrected chi connectivity index (χ0v) is 13.7. The number of para-hydroxylation sites is 4. The molecule has 0 aliphatic carbocycles. The van der Waals surface area contributed by atoms with Gasteiger partial charge in [0.25, 0.3) is 0 Å². The first kappa shape index (κ1) is 17.0. The Morgan fingerprint density at radius 3 is 1.57 bits per heavy atom. The van der Waals surface area contributed by atoms with Gasteiger partial charge in [-0.2, -0.15) is 0 Å². The highest BCUT2D eigenvalue weighted by atomic mass is 16.5. The molecular formula is C18H24N2O3. The molecule has 0 aliphatic rings. The van der Waals surface area contributed by atoms with Gasteiger partial charge in [-0.25, -0.2) is 0 Å². The molecule has 0 unspecified atom stereocenters. The summed E-state index contributed by atoms with van der Waals surface area (Å²) in [6, 6.07) is 15.7. The molecule has 0 heterocycles. The summed E-state index contributed by atoms with van der Waals surface area (Å²) in [6.45, 7) is 2.72. The molecule has 2 aromatic rings. The fourth-order valence-corrected chi connectivity index (χ4v) is 2.20. The molecule has 124 valence electrons. The van der Waals surface area contributed by atoms with Crippen molar-refractivity contribution in [2.75, 3.05) is 51.2 Å². The highest BCUT2D eigenvalue weighted by Gasteiger charge is 2.01. The molecule has 0 radical (unpaired) electrons. The summed E-state index contributed by atoms with van der Waals surface area (Å²) in [5.74, 6) is 1.68. The van der Waals surface area contributed by atoms with E-state index < -0.39 is 0 Å². The number of ether oxygens (including phenoxy) is 3. The second kappa shape index (κ2) is 9.58.